The first-order valence-corrected chi connectivity index (χ1v) is 8.27. The Balaban J connectivity index is 2.13. The van der Waals surface area contributed by atoms with Crippen LogP contribution in [0.15, 0.2) is 12.1 Å². The molecule has 1 fully saturated rings. The molecule has 1 saturated heterocycles. The summed E-state index contributed by atoms with van der Waals surface area (Å²) in [7, 11) is 0. The molecule has 0 bridgehead atoms. The van der Waals surface area contributed by atoms with Gasteiger partial charge in [0.1, 0.15) is 0 Å². The molecule has 2 heteroatoms. The van der Waals surface area contributed by atoms with E-state index in [1.165, 1.54) is 28.7 Å². The van der Waals surface area contributed by atoms with Gasteiger partial charge in [-0.15, -0.1) is 0 Å². The highest BCUT2D eigenvalue weighted by Gasteiger charge is 2.35. The van der Waals surface area contributed by atoms with Crippen molar-refractivity contribution >= 4 is 0 Å². The second kappa shape index (κ2) is 6.93. The van der Waals surface area contributed by atoms with Crippen LogP contribution in [0.1, 0.15) is 42.5 Å². The first kappa shape index (κ1) is 16.5. The van der Waals surface area contributed by atoms with Gasteiger partial charge in [-0.05, 0) is 62.8 Å². The summed E-state index contributed by atoms with van der Waals surface area (Å²) < 4.78 is 5.75. The molecule has 0 amide bonds. The summed E-state index contributed by atoms with van der Waals surface area (Å²) in [6.45, 7) is 15.2. The molecule has 1 N–H and O–H groups in total. The van der Waals surface area contributed by atoms with E-state index in [1.807, 2.05) is 0 Å². The van der Waals surface area contributed by atoms with E-state index in [-0.39, 0.29) is 5.41 Å². The predicted octanol–water partition coefficient (Wildman–Crippen LogP) is 3.81. The highest BCUT2D eigenvalue weighted by molar-refractivity contribution is 5.38. The molecule has 0 saturated carbocycles. The Labute approximate surface area is 130 Å². The van der Waals surface area contributed by atoms with Crippen LogP contribution in [0.5, 0.6) is 0 Å². The van der Waals surface area contributed by atoms with Gasteiger partial charge in [0, 0.05) is 18.6 Å². The van der Waals surface area contributed by atoms with Crippen molar-refractivity contribution in [3.63, 3.8) is 0 Å². The lowest BCUT2D eigenvalue weighted by atomic mass is 9.78. The van der Waals surface area contributed by atoms with Crippen molar-refractivity contribution in [1.29, 1.82) is 0 Å². The van der Waals surface area contributed by atoms with Gasteiger partial charge in [-0.3, -0.25) is 0 Å². The molecule has 0 aliphatic carbocycles. The van der Waals surface area contributed by atoms with Crippen molar-refractivity contribution in [3.8, 4) is 0 Å². The topological polar surface area (TPSA) is 21.3 Å². The fraction of sp³-hybridized carbons (Fsp3) is 0.684. The molecule has 118 valence electrons. The lowest BCUT2D eigenvalue weighted by molar-refractivity contribution is 0.148. The lowest BCUT2D eigenvalue weighted by Gasteiger charge is -2.30. The molecule has 1 aliphatic rings. The summed E-state index contributed by atoms with van der Waals surface area (Å²) >= 11 is 0. The van der Waals surface area contributed by atoms with Crippen molar-refractivity contribution in [3.05, 3.63) is 34.4 Å². The lowest BCUT2D eigenvalue weighted by Crippen LogP contribution is -2.38. The van der Waals surface area contributed by atoms with E-state index in [2.05, 4.69) is 52.1 Å². The molecule has 1 aromatic rings. The van der Waals surface area contributed by atoms with Gasteiger partial charge >= 0.3 is 0 Å². The normalized spacial score (nSPS) is 22.2. The first-order valence-electron chi connectivity index (χ1n) is 8.27. The molecule has 21 heavy (non-hydrogen) atoms. The van der Waals surface area contributed by atoms with Crippen molar-refractivity contribution in [2.24, 2.45) is 11.3 Å². The molecule has 1 aromatic carbocycles. The van der Waals surface area contributed by atoms with Crippen LogP contribution in [0.4, 0.5) is 0 Å². The Morgan fingerprint density at radius 1 is 1.19 bits per heavy atom. The molecule has 1 aliphatic heterocycles. The fourth-order valence-corrected chi connectivity index (χ4v) is 3.48. The Morgan fingerprint density at radius 3 is 2.38 bits per heavy atom. The van der Waals surface area contributed by atoms with Gasteiger partial charge in [0.15, 0.2) is 0 Å². The number of hydrogen-bond acceptors (Lipinski definition) is 2. The summed E-state index contributed by atoms with van der Waals surface area (Å²) in [4.78, 5) is 0. The molecule has 1 unspecified atom stereocenters. The van der Waals surface area contributed by atoms with Crippen LogP contribution in [0.2, 0.25) is 0 Å². The maximum atomic E-state index is 5.75. The average molecular weight is 289 g/mol. The third-order valence-corrected chi connectivity index (χ3v) is 4.63. The molecule has 0 radical (unpaired) electrons. The molecular weight excluding hydrogens is 258 g/mol. The van der Waals surface area contributed by atoms with Gasteiger partial charge < -0.3 is 10.1 Å². The van der Waals surface area contributed by atoms with E-state index in [4.69, 9.17) is 4.74 Å². The van der Waals surface area contributed by atoms with E-state index in [0.717, 1.165) is 32.7 Å². The number of rotatable bonds is 6. The summed E-state index contributed by atoms with van der Waals surface area (Å²) in [5, 5.41) is 3.66. The first-order chi connectivity index (χ1) is 9.92. The zero-order valence-corrected chi connectivity index (χ0v) is 14.4. The molecule has 2 rings (SSSR count). The van der Waals surface area contributed by atoms with E-state index in [9.17, 15) is 0 Å². The molecule has 0 aromatic heterocycles. The monoisotopic (exact) mass is 289 g/mol. The van der Waals surface area contributed by atoms with Gasteiger partial charge in [0.25, 0.3) is 0 Å². The molecule has 1 atom stereocenters. The predicted molar refractivity (Wildman–Crippen MR) is 89.9 cm³/mol. The van der Waals surface area contributed by atoms with Crippen LogP contribution in [-0.2, 0) is 11.2 Å². The average Bonchev–Trinajstić information content (AvgIpc) is 2.82. The maximum absolute atomic E-state index is 5.75. The zero-order chi connectivity index (χ0) is 15.5. The van der Waals surface area contributed by atoms with Crippen LogP contribution >= 0.6 is 0 Å². The van der Waals surface area contributed by atoms with Gasteiger partial charge in [-0.1, -0.05) is 31.5 Å². The van der Waals surface area contributed by atoms with Crippen molar-refractivity contribution in [2.75, 3.05) is 26.3 Å². The molecular formula is C19H31NO. The van der Waals surface area contributed by atoms with Crippen LogP contribution in [0.3, 0.4) is 0 Å². The van der Waals surface area contributed by atoms with E-state index in [1.54, 1.807) is 0 Å². The summed E-state index contributed by atoms with van der Waals surface area (Å²) in [6.07, 6.45) is 2.31. The van der Waals surface area contributed by atoms with Crippen LogP contribution < -0.4 is 5.32 Å². The molecule has 0 spiro atoms. The fourth-order valence-electron chi connectivity index (χ4n) is 3.48. The Bertz CT molecular complexity index is 449. The zero-order valence-electron chi connectivity index (χ0n) is 14.4. The molecule has 1 heterocycles. The van der Waals surface area contributed by atoms with Gasteiger partial charge in [-0.2, -0.15) is 0 Å². The highest BCUT2D eigenvalue weighted by Crippen LogP contribution is 2.34. The number of aryl methyl sites for hydroxylation is 3. The van der Waals surface area contributed by atoms with Gasteiger partial charge in [0.05, 0.1) is 6.61 Å². The number of nitrogens with one attached hydrogen (secondary N) is 1. The standard InChI is InChI=1S/C19H31NO/c1-14(2)11-20-12-19(6-7-21-13-19)10-18-16(4)8-15(3)9-17(18)5/h8-9,14,20H,6-7,10-13H2,1-5H3. The van der Waals surface area contributed by atoms with E-state index in [0.29, 0.717) is 5.92 Å². The summed E-state index contributed by atoms with van der Waals surface area (Å²) in [5.41, 5.74) is 6.03. The van der Waals surface area contributed by atoms with Crippen molar-refractivity contribution in [2.45, 2.75) is 47.5 Å². The minimum absolute atomic E-state index is 0.277. The summed E-state index contributed by atoms with van der Waals surface area (Å²) in [6, 6.07) is 4.63. The minimum atomic E-state index is 0.277. The Hall–Kier alpha value is -0.860. The SMILES string of the molecule is Cc1cc(C)c(CC2(CNCC(C)C)CCOC2)c(C)c1. The van der Waals surface area contributed by atoms with E-state index >= 15 is 0 Å². The Kier molecular flexibility index (Phi) is 5.45. The van der Waals surface area contributed by atoms with Crippen molar-refractivity contribution < 1.29 is 4.74 Å². The Morgan fingerprint density at radius 2 is 1.86 bits per heavy atom. The van der Waals surface area contributed by atoms with Gasteiger partial charge in [0.2, 0.25) is 0 Å². The number of hydrogen-bond donors (Lipinski definition) is 1. The molecule has 2 nitrogen and oxygen atoms in total. The van der Waals surface area contributed by atoms with Crippen LogP contribution in [0, 0.1) is 32.1 Å². The smallest absolute Gasteiger partial charge is 0.0538 e. The summed E-state index contributed by atoms with van der Waals surface area (Å²) in [5.74, 6) is 0.701. The van der Waals surface area contributed by atoms with Crippen molar-refractivity contribution in [1.82, 2.24) is 5.32 Å². The third kappa shape index (κ3) is 4.31. The van der Waals surface area contributed by atoms with Crippen LogP contribution in [-0.4, -0.2) is 26.3 Å². The highest BCUT2D eigenvalue weighted by atomic mass is 16.5. The van der Waals surface area contributed by atoms with E-state index < -0.39 is 0 Å². The maximum Gasteiger partial charge on any atom is 0.0538 e. The quantitative estimate of drug-likeness (QED) is 0.860. The number of ether oxygens (including phenoxy) is 1. The second-order valence-electron chi connectivity index (χ2n) is 7.38. The second-order valence-corrected chi connectivity index (χ2v) is 7.38. The minimum Gasteiger partial charge on any atom is -0.381 e. The van der Waals surface area contributed by atoms with Gasteiger partial charge in [-0.25, -0.2) is 0 Å². The largest absolute Gasteiger partial charge is 0.381 e. The van der Waals surface area contributed by atoms with Crippen LogP contribution in [0.25, 0.3) is 0 Å². The number of benzene rings is 1. The third-order valence-electron chi connectivity index (χ3n) is 4.63.